The summed E-state index contributed by atoms with van der Waals surface area (Å²) in [5.74, 6) is -0.564. The molecule has 3 nitrogen and oxygen atoms in total. The molecular weight excluding hydrogens is 289 g/mol. The van der Waals surface area contributed by atoms with E-state index in [1.807, 2.05) is 13.8 Å². The smallest absolute Gasteiger partial charge is 0.178 e. The minimum absolute atomic E-state index is 0.0463. The molecule has 1 rings (SSSR count). The van der Waals surface area contributed by atoms with Gasteiger partial charge in [-0.1, -0.05) is 18.5 Å². The Morgan fingerprint density at radius 1 is 1.42 bits per heavy atom. The first-order valence-corrected chi connectivity index (χ1v) is 8.31. The zero-order valence-corrected chi connectivity index (χ0v) is 12.7. The molecule has 0 aromatic heterocycles. The zero-order chi connectivity index (χ0) is 14.5. The predicted octanol–water partition coefficient (Wildman–Crippen LogP) is 3.03. The number of hydrogen-bond donors (Lipinski definition) is 1. The second-order valence-corrected chi connectivity index (χ2v) is 7.01. The molecule has 0 aliphatic carbocycles. The van der Waals surface area contributed by atoms with Gasteiger partial charge in [0.1, 0.15) is 5.82 Å². The highest BCUT2D eigenvalue weighted by molar-refractivity contribution is 7.91. The Balaban J connectivity index is 2.63. The van der Waals surface area contributed by atoms with Gasteiger partial charge in [0, 0.05) is 6.04 Å². The summed E-state index contributed by atoms with van der Waals surface area (Å²) in [6.45, 7) is 4.89. The molecule has 0 heterocycles. The topological polar surface area (TPSA) is 46.2 Å². The van der Waals surface area contributed by atoms with Crippen LogP contribution in [0.2, 0.25) is 5.02 Å². The Morgan fingerprint density at radius 2 is 2.11 bits per heavy atom. The Labute approximate surface area is 119 Å². The van der Waals surface area contributed by atoms with Crippen molar-refractivity contribution in [2.24, 2.45) is 0 Å². The Kier molecular flexibility index (Phi) is 6.23. The van der Waals surface area contributed by atoms with Gasteiger partial charge in [0.05, 0.1) is 15.7 Å². The van der Waals surface area contributed by atoms with E-state index in [1.165, 1.54) is 12.1 Å². The molecule has 0 spiro atoms. The minimum atomic E-state index is -3.39. The lowest BCUT2D eigenvalue weighted by molar-refractivity contribution is 0.521. The summed E-state index contributed by atoms with van der Waals surface area (Å²) in [5, 5.41) is 3.06. The highest BCUT2D eigenvalue weighted by atomic mass is 35.5. The van der Waals surface area contributed by atoms with E-state index in [0.717, 1.165) is 19.0 Å². The van der Waals surface area contributed by atoms with Crippen molar-refractivity contribution in [3.8, 4) is 0 Å². The number of rotatable bonds is 7. The quantitative estimate of drug-likeness (QED) is 0.788. The SMILES string of the molecule is CCNC(C)CCCS(=O)(=O)c1ccc(F)c(Cl)c1. The van der Waals surface area contributed by atoms with Gasteiger partial charge in [0.25, 0.3) is 0 Å². The highest BCUT2D eigenvalue weighted by Gasteiger charge is 2.16. The van der Waals surface area contributed by atoms with Crippen LogP contribution in [0.1, 0.15) is 26.7 Å². The third-order valence-electron chi connectivity index (χ3n) is 2.85. The first kappa shape index (κ1) is 16.4. The monoisotopic (exact) mass is 307 g/mol. The average Bonchev–Trinajstić information content (AvgIpc) is 2.32. The number of halogens is 2. The van der Waals surface area contributed by atoms with E-state index >= 15 is 0 Å². The van der Waals surface area contributed by atoms with Crippen molar-refractivity contribution >= 4 is 21.4 Å². The lowest BCUT2D eigenvalue weighted by Gasteiger charge is -2.12. The van der Waals surface area contributed by atoms with Crippen LogP contribution in [0.4, 0.5) is 4.39 Å². The van der Waals surface area contributed by atoms with E-state index in [4.69, 9.17) is 11.6 Å². The standard InChI is InChI=1S/C13H19ClFNO2S/c1-3-16-10(2)5-4-8-19(17,18)11-6-7-13(15)12(14)9-11/h6-7,9-10,16H,3-5,8H2,1-2H3. The zero-order valence-electron chi connectivity index (χ0n) is 11.1. The Bertz CT molecular complexity index is 519. The molecule has 1 aromatic carbocycles. The fraction of sp³-hybridized carbons (Fsp3) is 0.538. The highest BCUT2D eigenvalue weighted by Crippen LogP contribution is 2.21. The maximum absolute atomic E-state index is 13.0. The Morgan fingerprint density at radius 3 is 2.68 bits per heavy atom. The minimum Gasteiger partial charge on any atom is -0.315 e. The first-order chi connectivity index (χ1) is 8.86. The molecule has 0 aliphatic heterocycles. The summed E-state index contributed by atoms with van der Waals surface area (Å²) in [7, 11) is -3.39. The van der Waals surface area contributed by atoms with Crippen molar-refractivity contribution in [2.45, 2.75) is 37.6 Å². The third kappa shape index (κ3) is 5.09. The molecule has 6 heteroatoms. The summed E-state index contributed by atoms with van der Waals surface area (Å²) < 4.78 is 37.1. The summed E-state index contributed by atoms with van der Waals surface area (Å²) in [6.07, 6.45) is 1.34. The molecule has 0 aliphatic rings. The molecule has 0 saturated heterocycles. The van der Waals surface area contributed by atoms with Crippen LogP contribution in [0.3, 0.4) is 0 Å². The lowest BCUT2D eigenvalue weighted by atomic mass is 10.2. The van der Waals surface area contributed by atoms with Crippen molar-refractivity contribution in [3.63, 3.8) is 0 Å². The van der Waals surface area contributed by atoms with E-state index < -0.39 is 15.7 Å². The van der Waals surface area contributed by atoms with Crippen molar-refractivity contribution in [1.29, 1.82) is 0 Å². The fourth-order valence-electron chi connectivity index (χ4n) is 1.82. The van der Waals surface area contributed by atoms with Crippen LogP contribution in [0, 0.1) is 5.82 Å². The third-order valence-corrected chi connectivity index (χ3v) is 4.94. The Hall–Kier alpha value is -0.650. The maximum Gasteiger partial charge on any atom is 0.178 e. The van der Waals surface area contributed by atoms with Crippen LogP contribution in [0.5, 0.6) is 0 Å². The molecule has 0 radical (unpaired) electrons. The molecule has 108 valence electrons. The van der Waals surface area contributed by atoms with E-state index in [0.29, 0.717) is 6.42 Å². The molecule has 0 fully saturated rings. The molecule has 1 atom stereocenters. The normalized spacial score (nSPS) is 13.5. The van der Waals surface area contributed by atoms with Gasteiger partial charge in [-0.2, -0.15) is 0 Å². The summed E-state index contributed by atoms with van der Waals surface area (Å²) >= 11 is 5.60. The molecule has 1 N–H and O–H groups in total. The van der Waals surface area contributed by atoms with E-state index in [9.17, 15) is 12.8 Å². The van der Waals surface area contributed by atoms with E-state index in [-0.39, 0.29) is 21.7 Å². The van der Waals surface area contributed by atoms with Crippen LogP contribution in [-0.2, 0) is 9.84 Å². The molecule has 0 amide bonds. The van der Waals surface area contributed by atoms with E-state index in [2.05, 4.69) is 5.32 Å². The van der Waals surface area contributed by atoms with Crippen LogP contribution in [0.25, 0.3) is 0 Å². The van der Waals surface area contributed by atoms with Crippen LogP contribution in [0.15, 0.2) is 23.1 Å². The summed E-state index contributed by atoms with van der Waals surface area (Å²) in [4.78, 5) is 0.0787. The molecule has 1 unspecified atom stereocenters. The molecule has 1 aromatic rings. The van der Waals surface area contributed by atoms with Crippen LogP contribution >= 0.6 is 11.6 Å². The number of hydrogen-bond acceptors (Lipinski definition) is 3. The average molecular weight is 308 g/mol. The van der Waals surface area contributed by atoms with Gasteiger partial charge in [-0.15, -0.1) is 0 Å². The number of sulfone groups is 1. The molecule has 0 saturated carbocycles. The van der Waals surface area contributed by atoms with Crippen LogP contribution < -0.4 is 5.32 Å². The molecule has 19 heavy (non-hydrogen) atoms. The van der Waals surface area contributed by atoms with Crippen molar-refractivity contribution in [2.75, 3.05) is 12.3 Å². The number of benzene rings is 1. The second kappa shape index (κ2) is 7.22. The largest absolute Gasteiger partial charge is 0.315 e. The predicted molar refractivity (Wildman–Crippen MR) is 75.8 cm³/mol. The van der Waals surface area contributed by atoms with Crippen molar-refractivity contribution in [1.82, 2.24) is 5.32 Å². The van der Waals surface area contributed by atoms with Crippen molar-refractivity contribution < 1.29 is 12.8 Å². The lowest BCUT2D eigenvalue weighted by Crippen LogP contribution is -2.26. The van der Waals surface area contributed by atoms with Gasteiger partial charge in [-0.3, -0.25) is 0 Å². The summed E-state index contributed by atoms with van der Waals surface area (Å²) in [6, 6.07) is 3.79. The maximum atomic E-state index is 13.0. The molecule has 0 bridgehead atoms. The fourth-order valence-corrected chi connectivity index (χ4v) is 3.42. The summed E-state index contributed by atoms with van der Waals surface area (Å²) in [5.41, 5.74) is 0. The van der Waals surface area contributed by atoms with Crippen molar-refractivity contribution in [3.05, 3.63) is 29.0 Å². The van der Waals surface area contributed by atoms with Gasteiger partial charge in [0.2, 0.25) is 0 Å². The first-order valence-electron chi connectivity index (χ1n) is 6.28. The second-order valence-electron chi connectivity index (χ2n) is 4.50. The van der Waals surface area contributed by atoms with Gasteiger partial charge in [-0.05, 0) is 44.5 Å². The van der Waals surface area contributed by atoms with Gasteiger partial charge in [-0.25, -0.2) is 12.8 Å². The van der Waals surface area contributed by atoms with Gasteiger partial charge < -0.3 is 5.32 Å². The number of nitrogens with one attached hydrogen (secondary N) is 1. The van der Waals surface area contributed by atoms with Crippen LogP contribution in [-0.4, -0.2) is 26.8 Å². The molecular formula is C13H19ClFNO2S. The van der Waals surface area contributed by atoms with E-state index in [1.54, 1.807) is 0 Å². The van der Waals surface area contributed by atoms with Gasteiger partial charge in [0.15, 0.2) is 9.84 Å². The van der Waals surface area contributed by atoms with Gasteiger partial charge >= 0.3 is 0 Å².